The summed E-state index contributed by atoms with van der Waals surface area (Å²) in [7, 11) is 0. The number of hydrogen-bond donors (Lipinski definition) is 0. The molecular weight excluding hydrogens is 390 g/mol. The summed E-state index contributed by atoms with van der Waals surface area (Å²) in [6.07, 6.45) is 0.774. The van der Waals surface area contributed by atoms with E-state index in [1.807, 2.05) is 4.90 Å². The Hall–Kier alpha value is -2.03. The molecule has 3 aliphatic heterocycles. The molecule has 2 bridgehead atoms. The van der Waals surface area contributed by atoms with Crippen molar-refractivity contribution in [3.63, 3.8) is 0 Å². The van der Waals surface area contributed by atoms with Crippen molar-refractivity contribution in [2.75, 3.05) is 32.8 Å². The lowest BCUT2D eigenvalue weighted by atomic mass is 10.1. The van der Waals surface area contributed by atoms with Gasteiger partial charge in [0.15, 0.2) is 0 Å². The molecule has 0 N–H and O–H groups in total. The molecule has 0 aliphatic carbocycles. The van der Waals surface area contributed by atoms with Crippen LogP contribution >= 0.6 is 0 Å². The van der Waals surface area contributed by atoms with Crippen molar-refractivity contribution >= 4 is 18.1 Å². The highest BCUT2D eigenvalue weighted by Gasteiger charge is 2.47. The smallest absolute Gasteiger partial charge is 0.411 e. The van der Waals surface area contributed by atoms with E-state index in [2.05, 4.69) is 0 Å². The van der Waals surface area contributed by atoms with E-state index in [4.69, 9.17) is 14.2 Å². The number of fused-ring (bicyclic) bond motifs is 2. The van der Waals surface area contributed by atoms with Crippen molar-refractivity contribution in [1.29, 1.82) is 0 Å². The summed E-state index contributed by atoms with van der Waals surface area (Å²) in [6.45, 7) is 12.4. The second-order valence-electron chi connectivity index (χ2n) is 10.3. The van der Waals surface area contributed by atoms with E-state index >= 15 is 0 Å². The molecule has 1 unspecified atom stereocenters. The molecule has 30 heavy (non-hydrogen) atoms. The summed E-state index contributed by atoms with van der Waals surface area (Å²) in [6, 6.07) is -0.760. The average Bonchev–Trinajstić information content (AvgIpc) is 2.86. The van der Waals surface area contributed by atoms with Gasteiger partial charge in [0, 0.05) is 13.1 Å². The molecule has 9 nitrogen and oxygen atoms in total. The van der Waals surface area contributed by atoms with E-state index in [1.54, 1.807) is 41.5 Å². The molecule has 170 valence electrons. The third kappa shape index (κ3) is 5.17. The minimum Gasteiger partial charge on any atom is -0.444 e. The van der Waals surface area contributed by atoms with Crippen LogP contribution in [0.4, 0.5) is 9.59 Å². The first-order valence-electron chi connectivity index (χ1n) is 10.7. The Morgan fingerprint density at radius 3 is 1.90 bits per heavy atom. The summed E-state index contributed by atoms with van der Waals surface area (Å²) in [5.41, 5.74) is -1.31. The van der Waals surface area contributed by atoms with Gasteiger partial charge in [-0.05, 0) is 54.4 Å². The molecule has 0 spiro atoms. The van der Waals surface area contributed by atoms with Gasteiger partial charge in [-0.2, -0.15) is 0 Å². The van der Waals surface area contributed by atoms with Crippen molar-refractivity contribution in [2.45, 2.75) is 83.7 Å². The summed E-state index contributed by atoms with van der Waals surface area (Å²) < 4.78 is 16.6. The normalized spacial score (nSPS) is 27.1. The fraction of sp³-hybridized carbons (Fsp3) is 0.857. The predicted octanol–water partition coefficient (Wildman–Crippen LogP) is 2.23. The maximum atomic E-state index is 13.6. The highest BCUT2D eigenvalue weighted by atomic mass is 16.6. The molecule has 3 saturated heterocycles. The number of carbonyl (C=O) groups is 3. The Labute approximate surface area is 178 Å². The standard InChI is InChI=1S/C21H35N3O6/c1-20(2,3)29-18(26)22-9-10-23(19(27)30-21(4,5)6)16(11-22)17(25)24-14-7-8-15(24)13-28-12-14/h14-16H,7-13H2,1-6H3/t14-,15+,16?. The van der Waals surface area contributed by atoms with E-state index in [1.165, 1.54) is 9.80 Å². The lowest BCUT2D eigenvalue weighted by Crippen LogP contribution is -2.65. The molecule has 0 saturated carbocycles. The molecule has 3 aliphatic rings. The molecular formula is C21H35N3O6. The molecule has 3 rings (SSSR count). The van der Waals surface area contributed by atoms with Crippen LogP contribution in [0.2, 0.25) is 0 Å². The molecule has 0 aromatic heterocycles. The topological polar surface area (TPSA) is 88.6 Å². The molecule has 3 amide bonds. The molecule has 0 aromatic rings. The van der Waals surface area contributed by atoms with Crippen molar-refractivity contribution in [1.82, 2.24) is 14.7 Å². The molecule has 9 heteroatoms. The first-order chi connectivity index (χ1) is 13.9. The quantitative estimate of drug-likeness (QED) is 0.640. The molecule has 3 fully saturated rings. The van der Waals surface area contributed by atoms with Crippen molar-refractivity contribution in [3.8, 4) is 0 Å². The van der Waals surface area contributed by atoms with Gasteiger partial charge >= 0.3 is 12.2 Å². The fourth-order valence-electron chi connectivity index (χ4n) is 4.19. The largest absolute Gasteiger partial charge is 0.444 e. The Morgan fingerprint density at radius 1 is 0.833 bits per heavy atom. The van der Waals surface area contributed by atoms with Crippen LogP contribution in [0.15, 0.2) is 0 Å². The SMILES string of the molecule is CC(C)(C)OC(=O)N1CCN(C(=O)OC(C)(C)C)C(C(=O)N2[C@@H]3CC[C@H]2COC3)C1. The zero-order valence-corrected chi connectivity index (χ0v) is 19.0. The van der Waals surface area contributed by atoms with Crippen LogP contribution in [0.1, 0.15) is 54.4 Å². The van der Waals surface area contributed by atoms with E-state index < -0.39 is 29.4 Å². The molecule has 0 aromatic carbocycles. The minimum absolute atomic E-state index is 0.0219. The summed E-state index contributed by atoms with van der Waals surface area (Å²) in [4.78, 5) is 43.9. The van der Waals surface area contributed by atoms with Gasteiger partial charge in [0.05, 0.1) is 31.8 Å². The third-order valence-corrected chi connectivity index (χ3v) is 5.44. The zero-order valence-electron chi connectivity index (χ0n) is 19.0. The number of piperazine rings is 1. The van der Waals surface area contributed by atoms with Crippen LogP contribution in [0, 0.1) is 0 Å². The van der Waals surface area contributed by atoms with Gasteiger partial charge < -0.3 is 24.0 Å². The van der Waals surface area contributed by atoms with Crippen LogP contribution in [-0.4, -0.2) is 95.0 Å². The zero-order chi connectivity index (χ0) is 22.3. The second kappa shape index (κ2) is 8.24. The second-order valence-corrected chi connectivity index (χ2v) is 10.3. The fourth-order valence-corrected chi connectivity index (χ4v) is 4.19. The van der Waals surface area contributed by atoms with Gasteiger partial charge in [-0.3, -0.25) is 9.69 Å². The lowest BCUT2D eigenvalue weighted by Gasteiger charge is -2.44. The maximum Gasteiger partial charge on any atom is 0.411 e. The maximum absolute atomic E-state index is 13.6. The lowest BCUT2D eigenvalue weighted by molar-refractivity contribution is -0.148. The van der Waals surface area contributed by atoms with Crippen LogP contribution in [-0.2, 0) is 19.0 Å². The monoisotopic (exact) mass is 425 g/mol. The summed E-state index contributed by atoms with van der Waals surface area (Å²) >= 11 is 0. The van der Waals surface area contributed by atoms with E-state index in [0.29, 0.717) is 13.2 Å². The average molecular weight is 426 g/mol. The number of hydrogen-bond acceptors (Lipinski definition) is 6. The summed E-state index contributed by atoms with van der Waals surface area (Å²) in [5, 5.41) is 0. The third-order valence-electron chi connectivity index (χ3n) is 5.44. The Kier molecular flexibility index (Phi) is 6.23. The summed E-state index contributed by atoms with van der Waals surface area (Å²) in [5.74, 6) is -0.148. The molecule has 0 radical (unpaired) electrons. The number of rotatable bonds is 1. The van der Waals surface area contributed by atoms with Crippen LogP contribution in [0.3, 0.4) is 0 Å². The Morgan fingerprint density at radius 2 is 1.37 bits per heavy atom. The van der Waals surface area contributed by atoms with Crippen LogP contribution in [0.25, 0.3) is 0 Å². The van der Waals surface area contributed by atoms with Gasteiger partial charge in [0.2, 0.25) is 5.91 Å². The number of ether oxygens (including phenoxy) is 3. The number of nitrogens with zero attached hydrogens (tertiary/aromatic N) is 3. The van der Waals surface area contributed by atoms with E-state index in [9.17, 15) is 14.4 Å². The highest BCUT2D eigenvalue weighted by molar-refractivity contribution is 5.88. The molecule has 3 heterocycles. The van der Waals surface area contributed by atoms with E-state index in [0.717, 1.165) is 12.8 Å². The number of amides is 3. The Bertz CT molecular complexity index is 667. The number of morpholine rings is 1. The van der Waals surface area contributed by atoms with E-state index in [-0.39, 0.29) is 37.6 Å². The van der Waals surface area contributed by atoms with Gasteiger partial charge in [0.25, 0.3) is 0 Å². The Balaban J connectivity index is 1.80. The van der Waals surface area contributed by atoms with Gasteiger partial charge in [0.1, 0.15) is 17.2 Å². The van der Waals surface area contributed by atoms with Crippen molar-refractivity contribution in [3.05, 3.63) is 0 Å². The van der Waals surface area contributed by atoms with Crippen LogP contribution in [0.5, 0.6) is 0 Å². The van der Waals surface area contributed by atoms with Crippen molar-refractivity contribution in [2.24, 2.45) is 0 Å². The van der Waals surface area contributed by atoms with Crippen LogP contribution < -0.4 is 0 Å². The van der Waals surface area contributed by atoms with Gasteiger partial charge in [-0.25, -0.2) is 9.59 Å². The molecule has 3 atom stereocenters. The highest BCUT2D eigenvalue weighted by Crippen LogP contribution is 2.31. The number of carbonyl (C=O) groups excluding carboxylic acids is 3. The minimum atomic E-state index is -0.803. The van der Waals surface area contributed by atoms with Crippen molar-refractivity contribution < 1.29 is 28.6 Å². The predicted molar refractivity (Wildman–Crippen MR) is 109 cm³/mol. The first kappa shape index (κ1) is 22.7. The van der Waals surface area contributed by atoms with Gasteiger partial charge in [-0.15, -0.1) is 0 Å². The first-order valence-corrected chi connectivity index (χ1v) is 10.7. The van der Waals surface area contributed by atoms with Gasteiger partial charge in [-0.1, -0.05) is 0 Å².